The molecule has 100 valence electrons. The highest BCUT2D eigenvalue weighted by molar-refractivity contribution is 6.37. The van der Waals surface area contributed by atoms with Crippen LogP contribution in [0.5, 0.6) is 0 Å². The van der Waals surface area contributed by atoms with Crippen LogP contribution in [0.3, 0.4) is 0 Å². The predicted octanol–water partition coefficient (Wildman–Crippen LogP) is 3.05. The zero-order chi connectivity index (χ0) is 13.1. The topological polar surface area (TPSA) is 37.4 Å². The molecule has 0 bridgehead atoms. The van der Waals surface area contributed by atoms with Gasteiger partial charge in [-0.2, -0.15) is 0 Å². The van der Waals surface area contributed by atoms with E-state index in [0.29, 0.717) is 21.9 Å². The number of nitrogens with one attached hydrogen (secondary N) is 1. The van der Waals surface area contributed by atoms with Crippen molar-refractivity contribution < 1.29 is 4.74 Å². The highest BCUT2D eigenvalue weighted by Crippen LogP contribution is 2.32. The van der Waals surface area contributed by atoms with Crippen molar-refractivity contribution in [3.63, 3.8) is 0 Å². The van der Waals surface area contributed by atoms with Crippen molar-refractivity contribution in [2.45, 2.75) is 18.9 Å². The minimum absolute atomic E-state index is 0.412. The van der Waals surface area contributed by atoms with Gasteiger partial charge < -0.3 is 15.0 Å². The van der Waals surface area contributed by atoms with Gasteiger partial charge in [0, 0.05) is 33.4 Å². The summed E-state index contributed by atoms with van der Waals surface area (Å²) >= 11 is 12.3. The molecule has 1 aliphatic rings. The van der Waals surface area contributed by atoms with Crippen molar-refractivity contribution in [3.05, 3.63) is 16.1 Å². The van der Waals surface area contributed by atoms with E-state index in [4.69, 9.17) is 27.9 Å². The molecule has 1 aromatic rings. The Labute approximate surface area is 117 Å². The maximum absolute atomic E-state index is 6.22. The molecule has 1 N–H and O–H groups in total. The molecule has 18 heavy (non-hydrogen) atoms. The van der Waals surface area contributed by atoms with Crippen LogP contribution in [-0.2, 0) is 4.74 Å². The lowest BCUT2D eigenvalue weighted by Gasteiger charge is -2.32. The van der Waals surface area contributed by atoms with Gasteiger partial charge in [0.2, 0.25) is 0 Å². The van der Waals surface area contributed by atoms with E-state index in [1.54, 1.807) is 13.1 Å². The molecule has 4 nitrogen and oxygen atoms in total. The molecule has 0 atom stereocenters. The van der Waals surface area contributed by atoms with E-state index >= 15 is 0 Å². The third-order valence-electron chi connectivity index (χ3n) is 3.22. The fourth-order valence-corrected chi connectivity index (χ4v) is 2.71. The first-order valence-corrected chi connectivity index (χ1v) is 6.73. The van der Waals surface area contributed by atoms with Gasteiger partial charge in [-0.25, -0.2) is 4.98 Å². The molecule has 0 radical (unpaired) electrons. The number of anilines is 2. The van der Waals surface area contributed by atoms with Crippen LogP contribution >= 0.6 is 23.2 Å². The van der Waals surface area contributed by atoms with Crippen LogP contribution in [-0.4, -0.2) is 38.3 Å². The highest BCUT2D eigenvalue weighted by atomic mass is 35.5. The predicted molar refractivity (Wildman–Crippen MR) is 76.0 cm³/mol. The van der Waals surface area contributed by atoms with Gasteiger partial charge in [-0.05, 0) is 18.9 Å². The van der Waals surface area contributed by atoms with Gasteiger partial charge in [0.15, 0.2) is 0 Å². The van der Waals surface area contributed by atoms with Crippen LogP contribution < -0.4 is 10.2 Å². The molecule has 0 unspecified atom stereocenters. The number of pyridine rings is 1. The van der Waals surface area contributed by atoms with E-state index in [9.17, 15) is 0 Å². The summed E-state index contributed by atoms with van der Waals surface area (Å²) in [5, 5.41) is 4.08. The fraction of sp³-hybridized carbons (Fsp3) is 0.583. The summed E-state index contributed by atoms with van der Waals surface area (Å²) in [6.07, 6.45) is 1.98. The van der Waals surface area contributed by atoms with Crippen molar-refractivity contribution in [1.29, 1.82) is 0 Å². The number of rotatable bonds is 3. The molecule has 1 saturated heterocycles. The molecule has 2 heterocycles. The first-order valence-electron chi connectivity index (χ1n) is 5.98. The van der Waals surface area contributed by atoms with Gasteiger partial charge >= 0.3 is 0 Å². The van der Waals surface area contributed by atoms with Crippen LogP contribution in [0.2, 0.25) is 10.0 Å². The third-order valence-corrected chi connectivity index (χ3v) is 3.79. The first-order chi connectivity index (χ1) is 8.63. The van der Waals surface area contributed by atoms with Crippen molar-refractivity contribution in [2.24, 2.45) is 0 Å². The Morgan fingerprint density at radius 1 is 1.33 bits per heavy atom. The summed E-state index contributed by atoms with van der Waals surface area (Å²) in [4.78, 5) is 6.59. The maximum atomic E-state index is 6.22. The summed E-state index contributed by atoms with van der Waals surface area (Å²) in [7, 11) is 3.80. The maximum Gasteiger partial charge on any atom is 0.149 e. The molecule has 0 aliphatic carbocycles. The Morgan fingerprint density at radius 2 is 2.00 bits per heavy atom. The Kier molecular flexibility index (Phi) is 4.54. The number of halogens is 2. The summed E-state index contributed by atoms with van der Waals surface area (Å²) in [5.41, 5.74) is 0. The highest BCUT2D eigenvalue weighted by Gasteiger charge is 2.22. The van der Waals surface area contributed by atoms with Gasteiger partial charge in [-0.1, -0.05) is 23.2 Å². The normalized spacial score (nSPS) is 16.7. The zero-order valence-corrected chi connectivity index (χ0v) is 12.1. The molecule has 2 rings (SSSR count). The summed E-state index contributed by atoms with van der Waals surface area (Å²) in [6, 6.07) is 2.14. The van der Waals surface area contributed by atoms with Crippen LogP contribution in [0, 0.1) is 0 Å². The SMILES string of the molecule is CNc1nc(N(C)C2CCOCC2)c(Cl)cc1Cl. The van der Waals surface area contributed by atoms with Gasteiger partial charge in [0.25, 0.3) is 0 Å². The van der Waals surface area contributed by atoms with Crippen molar-refractivity contribution in [2.75, 3.05) is 37.5 Å². The summed E-state index contributed by atoms with van der Waals surface area (Å²) < 4.78 is 5.37. The molecule has 6 heteroatoms. The quantitative estimate of drug-likeness (QED) is 0.928. The number of hydrogen-bond acceptors (Lipinski definition) is 4. The second kappa shape index (κ2) is 5.95. The lowest BCUT2D eigenvalue weighted by atomic mass is 10.1. The lowest BCUT2D eigenvalue weighted by Crippen LogP contribution is -2.37. The molecule has 0 aromatic carbocycles. The molecular weight excluding hydrogens is 273 g/mol. The van der Waals surface area contributed by atoms with Gasteiger partial charge in [0.1, 0.15) is 11.6 Å². The second-order valence-corrected chi connectivity index (χ2v) is 5.14. The minimum atomic E-state index is 0.412. The molecule has 1 fully saturated rings. The smallest absolute Gasteiger partial charge is 0.149 e. The van der Waals surface area contributed by atoms with Crippen LogP contribution in [0.25, 0.3) is 0 Å². The van der Waals surface area contributed by atoms with Crippen LogP contribution in [0.1, 0.15) is 12.8 Å². The van der Waals surface area contributed by atoms with E-state index in [-0.39, 0.29) is 0 Å². The Morgan fingerprint density at radius 3 is 2.61 bits per heavy atom. The lowest BCUT2D eigenvalue weighted by molar-refractivity contribution is 0.0853. The van der Waals surface area contributed by atoms with E-state index in [0.717, 1.165) is 31.9 Å². The molecular formula is C12H17Cl2N3O. The third kappa shape index (κ3) is 2.82. The van der Waals surface area contributed by atoms with Crippen LogP contribution in [0.15, 0.2) is 6.07 Å². The van der Waals surface area contributed by atoms with E-state index in [1.165, 1.54) is 0 Å². The molecule has 0 amide bonds. The molecule has 0 spiro atoms. The number of nitrogens with zero attached hydrogens (tertiary/aromatic N) is 2. The van der Waals surface area contributed by atoms with Gasteiger partial charge in [0.05, 0.1) is 10.0 Å². The summed E-state index contributed by atoms with van der Waals surface area (Å²) in [6.45, 7) is 1.58. The van der Waals surface area contributed by atoms with Gasteiger partial charge in [-0.15, -0.1) is 0 Å². The number of ether oxygens (including phenoxy) is 1. The Balaban J connectivity index is 2.25. The summed E-state index contributed by atoms with van der Waals surface area (Å²) in [5.74, 6) is 1.41. The monoisotopic (exact) mass is 289 g/mol. The van der Waals surface area contributed by atoms with E-state index < -0.39 is 0 Å². The van der Waals surface area contributed by atoms with E-state index in [1.807, 2.05) is 7.05 Å². The standard InChI is InChI=1S/C12H17Cl2N3O/c1-15-11-9(13)7-10(14)12(16-11)17(2)8-3-5-18-6-4-8/h7-8H,3-6H2,1-2H3,(H,15,16). The van der Waals surface area contributed by atoms with Gasteiger partial charge in [-0.3, -0.25) is 0 Å². The van der Waals surface area contributed by atoms with Crippen molar-refractivity contribution in [3.8, 4) is 0 Å². The minimum Gasteiger partial charge on any atom is -0.381 e. The average Bonchev–Trinajstić information content (AvgIpc) is 2.39. The molecule has 1 aromatic heterocycles. The van der Waals surface area contributed by atoms with E-state index in [2.05, 4.69) is 15.2 Å². The fourth-order valence-electron chi connectivity index (χ4n) is 2.12. The number of aromatic nitrogens is 1. The molecule has 1 aliphatic heterocycles. The number of hydrogen-bond donors (Lipinski definition) is 1. The Bertz CT molecular complexity index is 422. The van der Waals surface area contributed by atoms with Crippen molar-refractivity contribution >= 4 is 34.8 Å². The largest absolute Gasteiger partial charge is 0.381 e. The van der Waals surface area contributed by atoms with Crippen LogP contribution in [0.4, 0.5) is 11.6 Å². The molecule has 0 saturated carbocycles. The average molecular weight is 290 g/mol. The first kappa shape index (κ1) is 13.7. The Hall–Kier alpha value is -0.710. The second-order valence-electron chi connectivity index (χ2n) is 4.33. The zero-order valence-electron chi connectivity index (χ0n) is 10.5. The van der Waals surface area contributed by atoms with Crippen molar-refractivity contribution in [1.82, 2.24) is 4.98 Å².